The third kappa shape index (κ3) is 4.88. The summed E-state index contributed by atoms with van der Waals surface area (Å²) in [4.78, 5) is 0. The minimum atomic E-state index is -0.259. The molecule has 4 aromatic rings. The molecule has 0 unspecified atom stereocenters. The van der Waals surface area contributed by atoms with Crippen LogP contribution in [0.5, 0.6) is 0 Å². The highest BCUT2D eigenvalue weighted by molar-refractivity contribution is 5.89. The van der Waals surface area contributed by atoms with Crippen molar-refractivity contribution in [1.82, 2.24) is 0 Å². The Morgan fingerprint density at radius 2 is 1.44 bits per heavy atom. The minimum Gasteiger partial charge on any atom is -0.206 e. The van der Waals surface area contributed by atoms with Gasteiger partial charge in [0.15, 0.2) is 0 Å². The quantitative estimate of drug-likeness (QED) is 0.242. The molecule has 0 aliphatic heterocycles. The molecule has 0 aromatic heterocycles. The number of nitriles is 1. The normalized spacial score (nSPS) is 10.4. The number of nitrogens with zero attached hydrogens (tertiary/aromatic N) is 1. The van der Waals surface area contributed by atoms with Crippen molar-refractivity contribution in [2.45, 2.75) is 32.6 Å². The Bertz CT molecular complexity index is 1330. The van der Waals surface area contributed by atoms with Gasteiger partial charge in [0.2, 0.25) is 0 Å². The molecular weight excluding hydrogens is 393 g/mol. The Morgan fingerprint density at radius 3 is 2.16 bits per heavy atom. The standard InChI is InChI=1S/C30H24FN/c1-2-3-4-5-22-6-8-23(9-7-22)10-11-24-14-18-29-27(20-24)17-19-28(30(29)31)26-15-12-25(21-32)13-16-26/h6-9,12-20H,2-5H2,1H3. The topological polar surface area (TPSA) is 23.8 Å². The second-order valence-corrected chi connectivity index (χ2v) is 7.96. The molecule has 0 amide bonds. The predicted octanol–water partition coefficient (Wildman–Crippen LogP) is 7.65. The highest BCUT2D eigenvalue weighted by Gasteiger charge is 2.10. The van der Waals surface area contributed by atoms with Gasteiger partial charge in [0.25, 0.3) is 0 Å². The average molecular weight is 418 g/mol. The summed E-state index contributed by atoms with van der Waals surface area (Å²) in [6, 6.07) is 26.8. The van der Waals surface area contributed by atoms with E-state index in [2.05, 4.69) is 49.1 Å². The molecule has 0 saturated heterocycles. The van der Waals surface area contributed by atoms with E-state index in [1.54, 1.807) is 36.4 Å². The van der Waals surface area contributed by atoms with Crippen LogP contribution in [0.3, 0.4) is 0 Å². The van der Waals surface area contributed by atoms with Crippen molar-refractivity contribution < 1.29 is 4.39 Å². The van der Waals surface area contributed by atoms with Crippen LogP contribution in [-0.2, 0) is 6.42 Å². The molecule has 0 fully saturated rings. The lowest BCUT2D eigenvalue weighted by molar-refractivity contribution is 0.643. The maximum absolute atomic E-state index is 15.2. The van der Waals surface area contributed by atoms with E-state index in [9.17, 15) is 0 Å². The Morgan fingerprint density at radius 1 is 0.750 bits per heavy atom. The van der Waals surface area contributed by atoms with Gasteiger partial charge < -0.3 is 0 Å². The van der Waals surface area contributed by atoms with Crippen molar-refractivity contribution in [2.75, 3.05) is 0 Å². The van der Waals surface area contributed by atoms with Gasteiger partial charge in [-0.3, -0.25) is 0 Å². The number of hydrogen-bond donors (Lipinski definition) is 0. The summed E-state index contributed by atoms with van der Waals surface area (Å²) in [6.45, 7) is 2.22. The van der Waals surface area contributed by atoms with E-state index in [4.69, 9.17) is 5.26 Å². The second kappa shape index (κ2) is 9.95. The molecule has 4 rings (SSSR count). The highest BCUT2D eigenvalue weighted by Crippen LogP contribution is 2.29. The lowest BCUT2D eigenvalue weighted by Crippen LogP contribution is -1.88. The molecule has 0 spiro atoms. The summed E-state index contributed by atoms with van der Waals surface area (Å²) in [5.74, 6) is 6.15. The van der Waals surface area contributed by atoms with Crippen LogP contribution >= 0.6 is 0 Å². The summed E-state index contributed by atoms with van der Waals surface area (Å²) < 4.78 is 15.2. The molecular formula is C30H24FN. The summed E-state index contributed by atoms with van der Waals surface area (Å²) >= 11 is 0. The van der Waals surface area contributed by atoms with Crippen LogP contribution in [0.2, 0.25) is 0 Å². The molecule has 0 aliphatic rings. The van der Waals surface area contributed by atoms with E-state index < -0.39 is 0 Å². The van der Waals surface area contributed by atoms with Crippen LogP contribution in [0.4, 0.5) is 4.39 Å². The number of aryl methyl sites for hydroxylation is 1. The van der Waals surface area contributed by atoms with Crippen LogP contribution in [0, 0.1) is 29.0 Å². The molecule has 0 N–H and O–H groups in total. The zero-order valence-electron chi connectivity index (χ0n) is 18.2. The molecule has 32 heavy (non-hydrogen) atoms. The molecule has 1 nitrogen and oxygen atoms in total. The maximum Gasteiger partial charge on any atom is 0.138 e. The first-order chi connectivity index (χ1) is 15.7. The number of rotatable bonds is 5. The predicted molar refractivity (Wildman–Crippen MR) is 130 cm³/mol. The van der Waals surface area contributed by atoms with E-state index in [-0.39, 0.29) is 5.82 Å². The molecule has 2 heteroatoms. The van der Waals surface area contributed by atoms with E-state index >= 15 is 4.39 Å². The highest BCUT2D eigenvalue weighted by atomic mass is 19.1. The largest absolute Gasteiger partial charge is 0.206 e. The summed E-state index contributed by atoms with van der Waals surface area (Å²) in [7, 11) is 0. The van der Waals surface area contributed by atoms with Gasteiger partial charge in [-0.05, 0) is 65.8 Å². The van der Waals surface area contributed by atoms with E-state index in [1.165, 1.54) is 24.8 Å². The zero-order valence-corrected chi connectivity index (χ0v) is 18.2. The average Bonchev–Trinajstić information content (AvgIpc) is 2.84. The number of benzene rings is 4. The Kier molecular flexibility index (Phi) is 6.64. The summed E-state index contributed by atoms with van der Waals surface area (Å²) in [5, 5.41) is 10.3. The van der Waals surface area contributed by atoms with E-state index in [0.717, 1.165) is 28.5 Å². The van der Waals surface area contributed by atoms with Gasteiger partial charge in [0, 0.05) is 22.1 Å². The number of fused-ring (bicyclic) bond motifs is 1. The lowest BCUT2D eigenvalue weighted by atomic mass is 9.98. The molecule has 0 saturated carbocycles. The Balaban J connectivity index is 1.55. The van der Waals surface area contributed by atoms with Crippen molar-refractivity contribution >= 4 is 10.8 Å². The van der Waals surface area contributed by atoms with Gasteiger partial charge in [-0.2, -0.15) is 5.26 Å². The lowest BCUT2D eigenvalue weighted by Gasteiger charge is -2.07. The Hall–Kier alpha value is -3.88. The Labute approximate surface area is 189 Å². The maximum atomic E-state index is 15.2. The van der Waals surface area contributed by atoms with Crippen molar-refractivity contribution in [3.8, 4) is 29.0 Å². The van der Waals surface area contributed by atoms with Gasteiger partial charge in [-0.25, -0.2) is 4.39 Å². The van der Waals surface area contributed by atoms with Gasteiger partial charge in [0.05, 0.1) is 11.6 Å². The second-order valence-electron chi connectivity index (χ2n) is 7.96. The summed E-state index contributed by atoms with van der Waals surface area (Å²) in [5.41, 5.74) is 5.03. The van der Waals surface area contributed by atoms with Crippen LogP contribution in [-0.4, -0.2) is 0 Å². The van der Waals surface area contributed by atoms with Crippen molar-refractivity contribution in [3.63, 3.8) is 0 Å². The summed E-state index contributed by atoms with van der Waals surface area (Å²) in [6.07, 6.45) is 4.83. The smallest absolute Gasteiger partial charge is 0.138 e. The van der Waals surface area contributed by atoms with E-state index in [1.807, 2.05) is 18.2 Å². The third-order valence-corrected chi connectivity index (χ3v) is 5.65. The van der Waals surface area contributed by atoms with Crippen molar-refractivity contribution in [1.29, 1.82) is 5.26 Å². The molecule has 156 valence electrons. The third-order valence-electron chi connectivity index (χ3n) is 5.65. The van der Waals surface area contributed by atoms with Crippen molar-refractivity contribution in [2.24, 2.45) is 0 Å². The molecule has 0 heterocycles. The first-order valence-corrected chi connectivity index (χ1v) is 11.0. The fraction of sp³-hybridized carbons (Fsp3) is 0.167. The fourth-order valence-electron chi connectivity index (χ4n) is 3.80. The minimum absolute atomic E-state index is 0.259. The SMILES string of the molecule is CCCCCc1ccc(C#Cc2ccc3c(F)c(-c4ccc(C#N)cc4)ccc3c2)cc1. The monoisotopic (exact) mass is 417 g/mol. The van der Waals surface area contributed by atoms with Gasteiger partial charge in [-0.1, -0.05) is 74.1 Å². The fourth-order valence-corrected chi connectivity index (χ4v) is 3.80. The first kappa shape index (κ1) is 21.4. The number of hydrogen-bond acceptors (Lipinski definition) is 1. The van der Waals surface area contributed by atoms with Crippen molar-refractivity contribution in [3.05, 3.63) is 107 Å². The molecule has 4 aromatic carbocycles. The molecule has 0 atom stereocenters. The van der Waals surface area contributed by atoms with Crippen LogP contribution < -0.4 is 0 Å². The first-order valence-electron chi connectivity index (χ1n) is 11.0. The number of unbranched alkanes of at least 4 members (excludes halogenated alkanes) is 2. The van der Waals surface area contributed by atoms with E-state index in [0.29, 0.717) is 16.5 Å². The van der Waals surface area contributed by atoms with Crippen LogP contribution in [0.15, 0.2) is 78.9 Å². The van der Waals surface area contributed by atoms with Gasteiger partial charge >= 0.3 is 0 Å². The molecule has 0 bridgehead atoms. The van der Waals surface area contributed by atoms with Crippen LogP contribution in [0.1, 0.15) is 48.4 Å². The van der Waals surface area contributed by atoms with Gasteiger partial charge in [0.1, 0.15) is 5.82 Å². The van der Waals surface area contributed by atoms with Crippen LogP contribution in [0.25, 0.3) is 21.9 Å². The van der Waals surface area contributed by atoms with Gasteiger partial charge in [-0.15, -0.1) is 0 Å². The molecule has 0 aliphatic carbocycles. The number of halogens is 1. The molecule has 0 radical (unpaired) electrons. The zero-order chi connectivity index (χ0) is 22.3.